The Labute approximate surface area is 312 Å². The number of piperidine rings is 1. The van der Waals surface area contributed by atoms with Crippen molar-refractivity contribution in [2.24, 2.45) is 5.41 Å². The predicted octanol–water partition coefficient (Wildman–Crippen LogP) is 8.99. The van der Waals surface area contributed by atoms with Crippen molar-refractivity contribution in [2.45, 2.75) is 96.4 Å². The Morgan fingerprint density at radius 2 is 1.70 bits per heavy atom. The minimum Gasteiger partial charge on any atom is -0.468 e. The number of carbonyl (C=O) groups is 1. The number of ether oxygens (including phenoxy) is 3. The molecule has 2 fully saturated rings. The van der Waals surface area contributed by atoms with E-state index in [1.54, 1.807) is 37.3 Å². The Kier molecular flexibility index (Phi) is 10.9. The van der Waals surface area contributed by atoms with Crippen molar-refractivity contribution in [3.05, 3.63) is 53.6 Å². The minimum atomic E-state index is -2.27. The second-order valence-corrected chi connectivity index (χ2v) is 21.7. The van der Waals surface area contributed by atoms with Crippen LogP contribution in [0.15, 0.2) is 36.4 Å². The van der Waals surface area contributed by atoms with Gasteiger partial charge in [0.1, 0.15) is 43.9 Å². The summed E-state index contributed by atoms with van der Waals surface area (Å²) in [5.74, 6) is 3.04. The molecule has 6 rings (SSSR count). The summed E-state index contributed by atoms with van der Waals surface area (Å²) in [7, 11) is -0.756. The highest BCUT2D eigenvalue weighted by atomic mass is 28.3. The number of rotatable bonds is 12. The molecule has 53 heavy (non-hydrogen) atoms. The van der Waals surface area contributed by atoms with Crippen molar-refractivity contribution >= 4 is 41.9 Å². The summed E-state index contributed by atoms with van der Waals surface area (Å²) in [6.07, 6.45) is 3.65. The molecule has 3 aromatic carbocycles. The van der Waals surface area contributed by atoms with Crippen molar-refractivity contribution in [1.82, 2.24) is 9.97 Å². The molecule has 282 valence electrons. The number of methoxy groups -OCH3 is 1. The topological polar surface area (TPSA) is 94.0 Å². The Balaban J connectivity index is 1.60. The molecule has 0 amide bonds. The van der Waals surface area contributed by atoms with E-state index >= 15 is 8.78 Å². The molecular weight excluding hydrogens is 693 g/mol. The number of hydrogen-bond acceptors (Lipinski definition) is 8. The number of fused-ring (bicyclic) bond motifs is 2. The van der Waals surface area contributed by atoms with Crippen LogP contribution in [0.3, 0.4) is 0 Å². The van der Waals surface area contributed by atoms with Gasteiger partial charge in [-0.1, -0.05) is 59.6 Å². The SMILES string of the molecule is COCOc1cc(-c2ccc3c(N4CCCC(C)(O)C4)nc(OCC4(C=O)CC4)nc3c2F)c2c(C#C[Si](C(C)C)(C(C)C)C(C)C)c(F)ccc2c1. The van der Waals surface area contributed by atoms with Crippen LogP contribution in [0.25, 0.3) is 32.8 Å². The molecule has 11 heteroatoms. The third kappa shape index (κ3) is 7.51. The molecule has 2 aliphatic rings. The summed E-state index contributed by atoms with van der Waals surface area (Å²) in [6, 6.07) is 9.90. The van der Waals surface area contributed by atoms with Gasteiger partial charge in [-0.25, -0.2) is 8.78 Å². The maximum atomic E-state index is 17.4. The maximum absolute atomic E-state index is 17.4. The van der Waals surface area contributed by atoms with E-state index in [9.17, 15) is 9.90 Å². The molecule has 1 saturated heterocycles. The van der Waals surface area contributed by atoms with Crippen LogP contribution in [0.4, 0.5) is 14.6 Å². The number of benzene rings is 3. The van der Waals surface area contributed by atoms with E-state index in [4.69, 9.17) is 19.2 Å². The summed E-state index contributed by atoms with van der Waals surface area (Å²) in [4.78, 5) is 23.0. The third-order valence-electron chi connectivity index (χ3n) is 11.3. The molecule has 1 saturated carbocycles. The molecule has 0 spiro atoms. The number of aldehydes is 1. The molecule has 1 N–H and O–H groups in total. The fourth-order valence-electron chi connectivity index (χ4n) is 8.27. The molecular formula is C42H51F2N3O5Si. The van der Waals surface area contributed by atoms with E-state index in [0.29, 0.717) is 88.7 Å². The van der Waals surface area contributed by atoms with E-state index in [2.05, 4.69) is 58.0 Å². The molecule has 0 radical (unpaired) electrons. The van der Waals surface area contributed by atoms with E-state index in [1.165, 1.54) is 13.2 Å². The van der Waals surface area contributed by atoms with Crippen LogP contribution >= 0.6 is 0 Å². The molecule has 1 unspecified atom stereocenters. The quantitative estimate of drug-likeness (QED) is 0.0666. The predicted molar refractivity (Wildman–Crippen MR) is 208 cm³/mol. The normalized spacial score (nSPS) is 18.5. The van der Waals surface area contributed by atoms with Crippen molar-refractivity contribution in [3.8, 4) is 34.4 Å². The number of halogens is 2. The molecule has 1 aromatic heterocycles. The standard InChI is InChI=1S/C42H51F2N3O5Si/c1-26(2)53(27(3)4,28(5)6)19-14-32-35(43)13-10-29-20-30(52-25-50-8)21-34(36(29)32)31-11-12-33-38(37(31)44)45-40(51-24-42(23-48)16-17-42)46-39(33)47-18-9-15-41(7,49)22-47/h10-13,20-21,23,26-28,49H,9,15-18,22,24-25H2,1-8H3. The first kappa shape index (κ1) is 38.6. The fourth-order valence-corrected chi connectivity index (χ4v) is 13.5. The second-order valence-electron chi connectivity index (χ2n) is 16.1. The molecule has 1 aliphatic heterocycles. The van der Waals surface area contributed by atoms with Crippen LogP contribution in [-0.2, 0) is 9.53 Å². The molecule has 8 nitrogen and oxygen atoms in total. The zero-order valence-corrected chi connectivity index (χ0v) is 33.1. The van der Waals surface area contributed by atoms with Gasteiger partial charge in [-0.2, -0.15) is 9.97 Å². The van der Waals surface area contributed by atoms with Gasteiger partial charge in [0.15, 0.2) is 12.6 Å². The van der Waals surface area contributed by atoms with Crippen LogP contribution in [0.2, 0.25) is 16.6 Å². The zero-order chi connectivity index (χ0) is 38.3. The molecule has 1 atom stereocenters. The highest BCUT2D eigenvalue weighted by Gasteiger charge is 2.44. The van der Waals surface area contributed by atoms with Crippen LogP contribution in [0.5, 0.6) is 11.8 Å². The number of aliphatic hydroxyl groups is 1. The van der Waals surface area contributed by atoms with Gasteiger partial charge in [-0.05, 0) is 84.4 Å². The van der Waals surface area contributed by atoms with Gasteiger partial charge in [0, 0.05) is 36.5 Å². The molecule has 0 bridgehead atoms. The first-order chi connectivity index (χ1) is 25.1. The number of hydrogen-bond donors (Lipinski definition) is 1. The highest BCUT2D eigenvalue weighted by Crippen LogP contribution is 2.45. The summed E-state index contributed by atoms with van der Waals surface area (Å²) in [5.41, 5.74) is 3.88. The van der Waals surface area contributed by atoms with Crippen molar-refractivity contribution in [3.63, 3.8) is 0 Å². The Bertz CT molecular complexity index is 2060. The summed E-state index contributed by atoms with van der Waals surface area (Å²) in [5, 5.41) is 12.5. The minimum absolute atomic E-state index is 0.00918. The Hall–Kier alpha value is -4.11. The Morgan fingerprint density at radius 1 is 0.981 bits per heavy atom. The summed E-state index contributed by atoms with van der Waals surface area (Å²) >= 11 is 0. The molecule has 2 heterocycles. The van der Waals surface area contributed by atoms with E-state index < -0.39 is 30.7 Å². The largest absolute Gasteiger partial charge is 0.468 e. The number of nitrogens with zero attached hydrogens (tertiary/aromatic N) is 3. The fraction of sp³-hybridized carbons (Fsp3) is 0.500. The van der Waals surface area contributed by atoms with Crippen molar-refractivity contribution in [1.29, 1.82) is 0 Å². The van der Waals surface area contributed by atoms with Gasteiger partial charge in [0.05, 0.1) is 16.6 Å². The lowest BCUT2D eigenvalue weighted by molar-refractivity contribution is -0.113. The van der Waals surface area contributed by atoms with Crippen LogP contribution < -0.4 is 14.4 Å². The highest BCUT2D eigenvalue weighted by molar-refractivity contribution is 6.90. The van der Waals surface area contributed by atoms with Gasteiger partial charge in [0.25, 0.3) is 0 Å². The lowest BCUT2D eigenvalue weighted by atomic mass is 9.92. The van der Waals surface area contributed by atoms with E-state index in [0.717, 1.165) is 6.29 Å². The average molecular weight is 744 g/mol. The first-order valence-corrected chi connectivity index (χ1v) is 20.9. The number of carbonyl (C=O) groups excluding carboxylic acids is 1. The summed E-state index contributed by atoms with van der Waals surface area (Å²) in [6.45, 7) is 15.9. The van der Waals surface area contributed by atoms with Crippen molar-refractivity contribution in [2.75, 3.05) is 38.5 Å². The third-order valence-corrected chi connectivity index (χ3v) is 17.6. The smallest absolute Gasteiger partial charge is 0.319 e. The maximum Gasteiger partial charge on any atom is 0.319 e. The first-order valence-electron chi connectivity index (χ1n) is 18.6. The van der Waals surface area contributed by atoms with Crippen LogP contribution in [0.1, 0.15) is 79.7 Å². The zero-order valence-electron chi connectivity index (χ0n) is 32.1. The van der Waals surface area contributed by atoms with Gasteiger partial charge < -0.3 is 29.0 Å². The number of aromatic nitrogens is 2. The van der Waals surface area contributed by atoms with Crippen molar-refractivity contribution < 1.29 is 32.9 Å². The lowest BCUT2D eigenvalue weighted by Crippen LogP contribution is -2.46. The van der Waals surface area contributed by atoms with Crippen LogP contribution in [0, 0.1) is 28.5 Å². The van der Waals surface area contributed by atoms with Gasteiger partial charge >= 0.3 is 6.01 Å². The van der Waals surface area contributed by atoms with Gasteiger partial charge in [-0.3, -0.25) is 0 Å². The van der Waals surface area contributed by atoms with E-state index in [1.807, 2.05) is 4.90 Å². The van der Waals surface area contributed by atoms with Gasteiger partial charge in [0.2, 0.25) is 0 Å². The monoisotopic (exact) mass is 743 g/mol. The lowest BCUT2D eigenvalue weighted by Gasteiger charge is -2.38. The second kappa shape index (κ2) is 15.0. The number of β-amino-alcohol motifs (C(OH)–C–C–N with tert-alkyl or cyclic N) is 1. The van der Waals surface area contributed by atoms with Gasteiger partial charge in [-0.15, -0.1) is 5.54 Å². The Morgan fingerprint density at radius 3 is 2.32 bits per heavy atom. The average Bonchev–Trinajstić information content (AvgIpc) is 3.90. The molecule has 4 aromatic rings. The number of anilines is 1. The van der Waals surface area contributed by atoms with E-state index in [-0.39, 0.29) is 36.1 Å². The summed E-state index contributed by atoms with van der Waals surface area (Å²) < 4.78 is 50.5. The molecule has 1 aliphatic carbocycles. The van der Waals surface area contributed by atoms with Crippen LogP contribution in [-0.4, -0.2) is 68.6 Å².